The molecule has 0 aromatic carbocycles. The van der Waals surface area contributed by atoms with E-state index in [2.05, 4.69) is 6.07 Å². The van der Waals surface area contributed by atoms with E-state index in [1.165, 1.54) is 0 Å². The fourth-order valence-corrected chi connectivity index (χ4v) is 3.45. The lowest BCUT2D eigenvalue weighted by Crippen LogP contribution is -2.10. The topological polar surface area (TPSA) is 83.1 Å². The van der Waals surface area contributed by atoms with Gasteiger partial charge in [0.25, 0.3) is 0 Å². The SMILES string of the molecule is CCCCOP(=O)(CC(C#N)CCC#N)OCCCC. The molecule has 0 saturated heterocycles. The molecule has 0 N–H and O–H groups in total. The Bertz CT molecular complexity index is 360. The van der Waals surface area contributed by atoms with Crippen molar-refractivity contribution in [2.45, 2.75) is 52.4 Å². The number of nitrogens with zero attached hydrogens (tertiary/aromatic N) is 2. The zero-order valence-electron chi connectivity index (χ0n) is 12.5. The summed E-state index contributed by atoms with van der Waals surface area (Å²) in [4.78, 5) is 0. The predicted octanol–water partition coefficient (Wildman–Crippen LogP) is 4.26. The standard InChI is InChI=1S/C14H25N2O3P/c1-3-5-10-18-20(17,19-11-6-4-2)13-14(12-16)8-7-9-15/h14H,3-8,10-11,13H2,1-2H3. The summed E-state index contributed by atoms with van der Waals surface area (Å²) >= 11 is 0. The summed E-state index contributed by atoms with van der Waals surface area (Å²) in [6.45, 7) is 4.82. The normalized spacial score (nSPS) is 12.6. The number of nitriles is 2. The van der Waals surface area contributed by atoms with Gasteiger partial charge < -0.3 is 9.05 Å². The van der Waals surface area contributed by atoms with E-state index in [1.807, 2.05) is 19.9 Å². The smallest absolute Gasteiger partial charge is 0.309 e. The van der Waals surface area contributed by atoms with Gasteiger partial charge in [0.1, 0.15) is 0 Å². The molecule has 1 unspecified atom stereocenters. The summed E-state index contributed by atoms with van der Waals surface area (Å²) in [5.74, 6) is -0.455. The molecular weight excluding hydrogens is 275 g/mol. The molecule has 0 aromatic heterocycles. The Hall–Kier alpha value is -0.870. The maximum absolute atomic E-state index is 12.6. The molecule has 20 heavy (non-hydrogen) atoms. The molecule has 0 aliphatic rings. The first kappa shape index (κ1) is 19.1. The van der Waals surface area contributed by atoms with Crippen molar-refractivity contribution in [2.24, 2.45) is 5.92 Å². The van der Waals surface area contributed by atoms with Gasteiger partial charge in [0, 0.05) is 6.42 Å². The van der Waals surface area contributed by atoms with Gasteiger partial charge in [0.15, 0.2) is 0 Å². The van der Waals surface area contributed by atoms with Crippen LogP contribution in [0.2, 0.25) is 0 Å². The van der Waals surface area contributed by atoms with Crippen LogP contribution >= 0.6 is 7.60 Å². The van der Waals surface area contributed by atoms with Crippen LogP contribution in [0, 0.1) is 28.6 Å². The first-order valence-electron chi connectivity index (χ1n) is 7.26. The predicted molar refractivity (Wildman–Crippen MR) is 78.1 cm³/mol. The van der Waals surface area contributed by atoms with Crippen LogP contribution in [-0.4, -0.2) is 19.4 Å². The number of rotatable bonds is 12. The minimum absolute atomic E-state index is 0.0820. The lowest BCUT2D eigenvalue weighted by molar-refractivity contribution is 0.197. The highest BCUT2D eigenvalue weighted by Crippen LogP contribution is 2.50. The summed E-state index contributed by atoms with van der Waals surface area (Å²) in [5.41, 5.74) is 0. The fourth-order valence-electron chi connectivity index (χ4n) is 1.54. The number of unbranched alkanes of at least 4 members (excludes halogenated alkanes) is 2. The van der Waals surface area contributed by atoms with Gasteiger partial charge in [-0.1, -0.05) is 26.7 Å². The van der Waals surface area contributed by atoms with Crippen LogP contribution in [-0.2, 0) is 13.6 Å². The summed E-state index contributed by atoms with van der Waals surface area (Å²) in [6, 6.07) is 4.09. The first-order valence-corrected chi connectivity index (χ1v) is 8.99. The highest BCUT2D eigenvalue weighted by Gasteiger charge is 2.29. The van der Waals surface area contributed by atoms with Gasteiger partial charge in [-0.25, -0.2) is 0 Å². The third kappa shape index (κ3) is 9.10. The molecule has 6 heteroatoms. The number of hydrogen-bond acceptors (Lipinski definition) is 5. The Morgan fingerprint density at radius 1 is 1.10 bits per heavy atom. The molecule has 0 saturated carbocycles. The van der Waals surface area contributed by atoms with Crippen LogP contribution in [0.4, 0.5) is 0 Å². The van der Waals surface area contributed by atoms with Crippen LogP contribution in [0.5, 0.6) is 0 Å². The highest BCUT2D eigenvalue weighted by molar-refractivity contribution is 7.53. The van der Waals surface area contributed by atoms with Gasteiger partial charge in [-0.3, -0.25) is 4.57 Å². The number of hydrogen-bond donors (Lipinski definition) is 0. The van der Waals surface area contributed by atoms with Crippen molar-refractivity contribution in [3.63, 3.8) is 0 Å². The largest absolute Gasteiger partial charge is 0.331 e. The molecule has 0 amide bonds. The van der Waals surface area contributed by atoms with Crippen molar-refractivity contribution < 1.29 is 13.6 Å². The maximum Gasteiger partial charge on any atom is 0.331 e. The zero-order chi connectivity index (χ0) is 15.3. The lowest BCUT2D eigenvalue weighted by Gasteiger charge is -2.20. The van der Waals surface area contributed by atoms with Crippen LogP contribution in [0.25, 0.3) is 0 Å². The molecule has 0 bridgehead atoms. The lowest BCUT2D eigenvalue weighted by atomic mass is 10.1. The molecule has 5 nitrogen and oxygen atoms in total. The minimum Gasteiger partial charge on any atom is -0.309 e. The fraction of sp³-hybridized carbons (Fsp3) is 0.857. The van der Waals surface area contributed by atoms with Crippen molar-refractivity contribution in [1.82, 2.24) is 0 Å². The monoisotopic (exact) mass is 300 g/mol. The van der Waals surface area contributed by atoms with Crippen LogP contribution in [0.3, 0.4) is 0 Å². The van der Waals surface area contributed by atoms with Crippen LogP contribution in [0.1, 0.15) is 52.4 Å². The van der Waals surface area contributed by atoms with Gasteiger partial charge in [-0.2, -0.15) is 10.5 Å². The Labute approximate surface area is 122 Å². The Balaban J connectivity index is 4.52. The molecule has 0 aliphatic heterocycles. The van der Waals surface area contributed by atoms with Crippen molar-refractivity contribution in [2.75, 3.05) is 19.4 Å². The molecule has 0 fully saturated rings. The van der Waals surface area contributed by atoms with E-state index in [4.69, 9.17) is 19.6 Å². The average molecular weight is 300 g/mol. The second-order valence-electron chi connectivity index (χ2n) is 4.69. The molecule has 0 spiro atoms. The second kappa shape index (κ2) is 11.9. The molecule has 114 valence electrons. The van der Waals surface area contributed by atoms with E-state index in [9.17, 15) is 4.57 Å². The maximum atomic E-state index is 12.6. The van der Waals surface area contributed by atoms with Gasteiger partial charge in [-0.15, -0.1) is 0 Å². The van der Waals surface area contributed by atoms with E-state index < -0.39 is 13.5 Å². The molecule has 0 aromatic rings. The van der Waals surface area contributed by atoms with Crippen LogP contribution in [0.15, 0.2) is 0 Å². The van der Waals surface area contributed by atoms with Gasteiger partial charge in [-0.05, 0) is 19.3 Å². The van der Waals surface area contributed by atoms with Crippen molar-refractivity contribution >= 4 is 7.60 Å². The van der Waals surface area contributed by atoms with Crippen LogP contribution < -0.4 is 0 Å². The van der Waals surface area contributed by atoms with E-state index in [0.717, 1.165) is 25.7 Å². The quantitative estimate of drug-likeness (QED) is 0.397. The summed E-state index contributed by atoms with van der Waals surface area (Å²) < 4.78 is 23.5. The van der Waals surface area contributed by atoms with E-state index in [-0.39, 0.29) is 12.6 Å². The van der Waals surface area contributed by atoms with Crippen molar-refractivity contribution in [1.29, 1.82) is 10.5 Å². The highest BCUT2D eigenvalue weighted by atomic mass is 31.2. The first-order chi connectivity index (χ1) is 9.61. The van der Waals surface area contributed by atoms with E-state index in [1.54, 1.807) is 0 Å². The van der Waals surface area contributed by atoms with E-state index >= 15 is 0 Å². The Kier molecular flexibility index (Phi) is 11.4. The summed E-state index contributed by atoms with van der Waals surface area (Å²) in [7, 11) is -3.22. The zero-order valence-corrected chi connectivity index (χ0v) is 13.4. The molecule has 0 radical (unpaired) electrons. The minimum atomic E-state index is -3.22. The molecule has 0 aliphatic carbocycles. The Morgan fingerprint density at radius 2 is 1.65 bits per heavy atom. The second-order valence-corrected chi connectivity index (χ2v) is 6.79. The molecular formula is C14H25N2O3P. The third-order valence-electron chi connectivity index (χ3n) is 2.80. The van der Waals surface area contributed by atoms with Crippen molar-refractivity contribution in [3.8, 4) is 12.1 Å². The third-order valence-corrected chi connectivity index (χ3v) is 4.84. The molecule has 1 atom stereocenters. The van der Waals surface area contributed by atoms with Gasteiger partial charge in [0.2, 0.25) is 0 Å². The van der Waals surface area contributed by atoms with Gasteiger partial charge >= 0.3 is 7.60 Å². The van der Waals surface area contributed by atoms with Gasteiger partial charge in [0.05, 0.1) is 37.4 Å². The molecule has 0 rings (SSSR count). The molecule has 0 heterocycles. The van der Waals surface area contributed by atoms with Crippen molar-refractivity contribution in [3.05, 3.63) is 0 Å². The Morgan fingerprint density at radius 3 is 2.05 bits per heavy atom. The van der Waals surface area contributed by atoms with E-state index in [0.29, 0.717) is 19.6 Å². The average Bonchev–Trinajstić information content (AvgIpc) is 2.44. The summed E-state index contributed by atoms with van der Waals surface area (Å²) in [6.07, 6.45) is 4.30. The summed E-state index contributed by atoms with van der Waals surface area (Å²) in [5, 5.41) is 17.6.